The molecule has 0 amide bonds. The van der Waals surface area contributed by atoms with E-state index < -0.39 is 0 Å². The van der Waals surface area contributed by atoms with Gasteiger partial charge >= 0.3 is 0 Å². The van der Waals surface area contributed by atoms with Crippen molar-refractivity contribution in [2.75, 3.05) is 23.7 Å². The number of benzene rings is 1. The van der Waals surface area contributed by atoms with Gasteiger partial charge in [-0.3, -0.25) is 0 Å². The van der Waals surface area contributed by atoms with Gasteiger partial charge in [0.05, 0.1) is 11.4 Å². The highest BCUT2D eigenvalue weighted by atomic mass is 15.3. The molecule has 4 rings (SSSR count). The van der Waals surface area contributed by atoms with Crippen molar-refractivity contribution in [3.63, 3.8) is 0 Å². The molecule has 0 radical (unpaired) electrons. The molecule has 0 aliphatic carbocycles. The SMILES string of the molecule is Cc1cn(-c2ccccc2)nc1-c1ccnc(NCCNc2ccccn2)n1. The average molecular weight is 371 g/mol. The first-order valence-electron chi connectivity index (χ1n) is 9.13. The summed E-state index contributed by atoms with van der Waals surface area (Å²) < 4.78 is 1.87. The second-order valence-corrected chi connectivity index (χ2v) is 6.27. The zero-order chi connectivity index (χ0) is 19.2. The van der Waals surface area contributed by atoms with Crippen LogP contribution in [0.25, 0.3) is 17.1 Å². The van der Waals surface area contributed by atoms with E-state index in [0.717, 1.165) is 28.5 Å². The van der Waals surface area contributed by atoms with Crippen LogP contribution in [0.2, 0.25) is 0 Å². The summed E-state index contributed by atoms with van der Waals surface area (Å²) in [6.07, 6.45) is 5.52. The van der Waals surface area contributed by atoms with Crippen LogP contribution in [0.1, 0.15) is 5.56 Å². The third-order valence-electron chi connectivity index (χ3n) is 4.20. The highest BCUT2D eigenvalue weighted by Gasteiger charge is 2.11. The van der Waals surface area contributed by atoms with Crippen LogP contribution < -0.4 is 10.6 Å². The Morgan fingerprint density at radius 1 is 0.857 bits per heavy atom. The molecule has 3 aromatic heterocycles. The Morgan fingerprint density at radius 2 is 1.68 bits per heavy atom. The molecule has 0 fully saturated rings. The third-order valence-corrected chi connectivity index (χ3v) is 4.20. The fraction of sp³-hybridized carbons (Fsp3) is 0.143. The first-order valence-corrected chi connectivity index (χ1v) is 9.13. The van der Waals surface area contributed by atoms with Crippen molar-refractivity contribution in [2.24, 2.45) is 0 Å². The number of anilines is 2. The summed E-state index contributed by atoms with van der Waals surface area (Å²) in [6, 6.07) is 17.7. The van der Waals surface area contributed by atoms with Crippen molar-refractivity contribution in [3.8, 4) is 17.1 Å². The number of aryl methyl sites for hydroxylation is 1. The number of hydrogen-bond donors (Lipinski definition) is 2. The molecule has 7 nitrogen and oxygen atoms in total. The van der Waals surface area contributed by atoms with Gasteiger partial charge in [0.15, 0.2) is 0 Å². The maximum atomic E-state index is 4.71. The lowest BCUT2D eigenvalue weighted by Gasteiger charge is -2.07. The van der Waals surface area contributed by atoms with Gasteiger partial charge < -0.3 is 10.6 Å². The molecule has 140 valence electrons. The molecular weight excluding hydrogens is 350 g/mol. The Balaban J connectivity index is 1.43. The lowest BCUT2D eigenvalue weighted by Crippen LogP contribution is -2.15. The summed E-state index contributed by atoms with van der Waals surface area (Å²) in [7, 11) is 0. The van der Waals surface area contributed by atoms with Crippen molar-refractivity contribution in [1.82, 2.24) is 24.7 Å². The lowest BCUT2D eigenvalue weighted by atomic mass is 10.2. The zero-order valence-electron chi connectivity index (χ0n) is 15.6. The van der Waals surface area contributed by atoms with E-state index >= 15 is 0 Å². The molecule has 0 spiro atoms. The topological polar surface area (TPSA) is 80.5 Å². The van der Waals surface area contributed by atoms with Crippen molar-refractivity contribution in [3.05, 3.63) is 78.8 Å². The van der Waals surface area contributed by atoms with Gasteiger partial charge in [-0.05, 0) is 42.8 Å². The van der Waals surface area contributed by atoms with E-state index in [2.05, 4.69) is 25.6 Å². The highest BCUT2D eigenvalue weighted by molar-refractivity contribution is 5.59. The molecule has 0 aliphatic rings. The Kier molecular flexibility index (Phi) is 5.24. The largest absolute Gasteiger partial charge is 0.368 e. The number of aromatic nitrogens is 5. The molecular formula is C21H21N7. The van der Waals surface area contributed by atoms with Crippen molar-refractivity contribution in [2.45, 2.75) is 6.92 Å². The fourth-order valence-electron chi connectivity index (χ4n) is 2.83. The minimum atomic E-state index is 0.578. The first kappa shape index (κ1) is 17.7. The van der Waals surface area contributed by atoms with E-state index in [-0.39, 0.29) is 0 Å². The van der Waals surface area contributed by atoms with Crippen molar-refractivity contribution < 1.29 is 0 Å². The van der Waals surface area contributed by atoms with E-state index in [1.165, 1.54) is 0 Å². The van der Waals surface area contributed by atoms with Gasteiger partial charge in [-0.25, -0.2) is 19.6 Å². The summed E-state index contributed by atoms with van der Waals surface area (Å²) in [5.74, 6) is 1.43. The van der Waals surface area contributed by atoms with Crippen molar-refractivity contribution in [1.29, 1.82) is 0 Å². The van der Waals surface area contributed by atoms with Crippen LogP contribution >= 0.6 is 0 Å². The van der Waals surface area contributed by atoms with Crippen LogP contribution in [0.5, 0.6) is 0 Å². The average Bonchev–Trinajstić information content (AvgIpc) is 3.15. The molecule has 28 heavy (non-hydrogen) atoms. The lowest BCUT2D eigenvalue weighted by molar-refractivity contribution is 0.881. The Labute approximate surface area is 163 Å². The molecule has 0 aliphatic heterocycles. The van der Waals surface area contributed by atoms with E-state index in [1.807, 2.05) is 72.4 Å². The number of rotatable bonds is 7. The van der Waals surface area contributed by atoms with Gasteiger partial charge in [0.1, 0.15) is 11.5 Å². The van der Waals surface area contributed by atoms with Crippen LogP contribution in [0.15, 0.2) is 73.2 Å². The van der Waals surface area contributed by atoms with Crippen LogP contribution in [0, 0.1) is 6.92 Å². The van der Waals surface area contributed by atoms with E-state index in [1.54, 1.807) is 12.4 Å². The molecule has 2 N–H and O–H groups in total. The molecule has 7 heteroatoms. The summed E-state index contributed by atoms with van der Waals surface area (Å²) >= 11 is 0. The molecule has 0 saturated carbocycles. The van der Waals surface area contributed by atoms with Gasteiger partial charge in [0.25, 0.3) is 0 Å². The third kappa shape index (κ3) is 4.15. The van der Waals surface area contributed by atoms with E-state index in [4.69, 9.17) is 5.10 Å². The summed E-state index contributed by atoms with van der Waals surface area (Å²) in [5, 5.41) is 11.2. The molecule has 0 saturated heterocycles. The number of para-hydroxylation sites is 1. The van der Waals surface area contributed by atoms with Crippen molar-refractivity contribution >= 4 is 11.8 Å². The minimum absolute atomic E-state index is 0.578. The summed E-state index contributed by atoms with van der Waals surface area (Å²) in [4.78, 5) is 13.2. The standard InChI is InChI=1S/C21H21N7/c1-16-15-28(17-7-3-2-4-8-17)27-20(16)18-10-12-24-21(26-18)25-14-13-23-19-9-5-6-11-22-19/h2-12,15H,13-14H2,1H3,(H,22,23)(H,24,25,26). The molecule has 1 aromatic carbocycles. The molecule has 4 aromatic rings. The smallest absolute Gasteiger partial charge is 0.223 e. The van der Waals surface area contributed by atoms with Crippen LogP contribution in [0.4, 0.5) is 11.8 Å². The number of hydrogen-bond acceptors (Lipinski definition) is 6. The molecule has 0 unspecified atom stereocenters. The fourth-order valence-corrected chi connectivity index (χ4v) is 2.83. The monoisotopic (exact) mass is 371 g/mol. The first-order chi connectivity index (χ1) is 13.8. The normalized spacial score (nSPS) is 10.6. The summed E-state index contributed by atoms with van der Waals surface area (Å²) in [6.45, 7) is 3.43. The number of nitrogens with zero attached hydrogens (tertiary/aromatic N) is 5. The van der Waals surface area contributed by atoms with E-state index in [0.29, 0.717) is 19.0 Å². The van der Waals surface area contributed by atoms with E-state index in [9.17, 15) is 0 Å². The number of pyridine rings is 1. The minimum Gasteiger partial charge on any atom is -0.368 e. The molecule has 0 bridgehead atoms. The Hall–Kier alpha value is -3.74. The maximum Gasteiger partial charge on any atom is 0.223 e. The van der Waals surface area contributed by atoms with Gasteiger partial charge in [-0.2, -0.15) is 5.10 Å². The van der Waals surface area contributed by atoms with Crippen LogP contribution in [-0.4, -0.2) is 37.8 Å². The van der Waals surface area contributed by atoms with Gasteiger partial charge in [0, 0.05) is 31.7 Å². The zero-order valence-corrected chi connectivity index (χ0v) is 15.6. The number of nitrogens with one attached hydrogen (secondary N) is 2. The Morgan fingerprint density at radius 3 is 2.50 bits per heavy atom. The van der Waals surface area contributed by atoms with Gasteiger partial charge in [-0.15, -0.1) is 0 Å². The highest BCUT2D eigenvalue weighted by Crippen LogP contribution is 2.21. The maximum absolute atomic E-state index is 4.71. The molecule has 0 atom stereocenters. The predicted octanol–water partition coefficient (Wildman–Crippen LogP) is 3.56. The van der Waals surface area contributed by atoms with Gasteiger partial charge in [0.2, 0.25) is 5.95 Å². The second-order valence-electron chi connectivity index (χ2n) is 6.27. The quantitative estimate of drug-likeness (QED) is 0.484. The summed E-state index contributed by atoms with van der Waals surface area (Å²) in [5.41, 5.74) is 3.72. The van der Waals surface area contributed by atoms with Gasteiger partial charge in [-0.1, -0.05) is 24.3 Å². The molecule has 3 heterocycles. The van der Waals surface area contributed by atoms with Crippen LogP contribution in [0.3, 0.4) is 0 Å². The predicted molar refractivity (Wildman–Crippen MR) is 111 cm³/mol. The van der Waals surface area contributed by atoms with Crippen LogP contribution in [-0.2, 0) is 0 Å². The second kappa shape index (κ2) is 8.30. The Bertz CT molecular complexity index is 1030.